The van der Waals surface area contributed by atoms with Crippen molar-refractivity contribution in [1.82, 2.24) is 0 Å². The number of thioether (sulfide) groups is 1. The van der Waals surface area contributed by atoms with Gasteiger partial charge in [0.2, 0.25) is 5.91 Å². The third kappa shape index (κ3) is 7.11. The van der Waals surface area contributed by atoms with Crippen LogP contribution in [0, 0.1) is 6.92 Å². The van der Waals surface area contributed by atoms with Gasteiger partial charge in [-0.15, -0.1) is 11.8 Å². The number of amides is 2. The molecular formula is C31H28N2O4S. The molecule has 0 saturated carbocycles. The first kappa shape index (κ1) is 26.7. The summed E-state index contributed by atoms with van der Waals surface area (Å²) < 4.78 is 5.02. The van der Waals surface area contributed by atoms with Crippen molar-refractivity contribution in [3.05, 3.63) is 125 Å². The van der Waals surface area contributed by atoms with Gasteiger partial charge in [-0.1, -0.05) is 54.1 Å². The molecule has 7 heteroatoms. The van der Waals surface area contributed by atoms with Crippen LogP contribution in [0.15, 0.2) is 108 Å². The summed E-state index contributed by atoms with van der Waals surface area (Å²) in [6, 6.07) is 30.9. The Morgan fingerprint density at radius 3 is 2.21 bits per heavy atom. The molecule has 0 radical (unpaired) electrons. The van der Waals surface area contributed by atoms with E-state index in [0.29, 0.717) is 29.1 Å². The Balaban J connectivity index is 1.51. The number of carbonyl (C=O) groups is 3. The second kappa shape index (κ2) is 12.7. The zero-order valence-corrected chi connectivity index (χ0v) is 22.0. The minimum absolute atomic E-state index is 0.195. The minimum atomic E-state index is -0.552. The third-order valence-corrected chi connectivity index (χ3v) is 6.88. The Hall–Kier alpha value is -4.36. The van der Waals surface area contributed by atoms with E-state index in [-0.39, 0.29) is 11.8 Å². The summed E-state index contributed by atoms with van der Waals surface area (Å²) in [4.78, 5) is 38.9. The first-order chi connectivity index (χ1) is 18.4. The number of esters is 1. The van der Waals surface area contributed by atoms with Gasteiger partial charge in [0.05, 0.1) is 12.2 Å². The van der Waals surface area contributed by atoms with Gasteiger partial charge in [-0.25, -0.2) is 4.79 Å². The number of aryl methyl sites for hydroxylation is 1. The number of rotatable bonds is 9. The lowest BCUT2D eigenvalue weighted by Crippen LogP contribution is -2.19. The molecule has 0 saturated heterocycles. The normalized spacial score (nSPS) is 11.3. The predicted molar refractivity (Wildman–Crippen MR) is 152 cm³/mol. The Morgan fingerprint density at radius 1 is 0.763 bits per heavy atom. The molecule has 0 aliphatic heterocycles. The van der Waals surface area contributed by atoms with Crippen LogP contribution in [0.2, 0.25) is 0 Å². The van der Waals surface area contributed by atoms with Crippen LogP contribution in [-0.4, -0.2) is 24.4 Å². The zero-order valence-electron chi connectivity index (χ0n) is 21.1. The average molecular weight is 525 g/mol. The molecule has 0 fully saturated rings. The van der Waals surface area contributed by atoms with E-state index in [1.54, 1.807) is 37.3 Å². The molecule has 6 nitrogen and oxygen atoms in total. The van der Waals surface area contributed by atoms with E-state index in [4.69, 9.17) is 4.74 Å². The predicted octanol–water partition coefficient (Wildman–Crippen LogP) is 6.90. The fraction of sp³-hybridized carbons (Fsp3) is 0.129. The van der Waals surface area contributed by atoms with Crippen molar-refractivity contribution < 1.29 is 19.1 Å². The van der Waals surface area contributed by atoms with Crippen molar-refractivity contribution in [2.75, 3.05) is 17.2 Å². The van der Waals surface area contributed by atoms with Crippen LogP contribution < -0.4 is 10.6 Å². The first-order valence-corrected chi connectivity index (χ1v) is 13.1. The number of ether oxygens (including phenoxy) is 1. The fourth-order valence-electron chi connectivity index (χ4n) is 3.79. The third-order valence-electron chi connectivity index (χ3n) is 5.63. The highest BCUT2D eigenvalue weighted by Crippen LogP contribution is 2.37. The molecule has 2 N–H and O–H groups in total. The largest absolute Gasteiger partial charge is 0.462 e. The van der Waals surface area contributed by atoms with E-state index in [2.05, 4.69) is 10.6 Å². The molecule has 0 aliphatic carbocycles. The highest BCUT2D eigenvalue weighted by atomic mass is 32.2. The Morgan fingerprint density at radius 2 is 1.50 bits per heavy atom. The van der Waals surface area contributed by atoms with Crippen LogP contribution in [0.4, 0.5) is 11.4 Å². The first-order valence-electron chi connectivity index (χ1n) is 12.2. The molecule has 1 unspecified atom stereocenters. The average Bonchev–Trinajstić information content (AvgIpc) is 2.93. The molecule has 4 aromatic rings. The molecule has 0 aliphatic rings. The van der Waals surface area contributed by atoms with E-state index in [9.17, 15) is 14.4 Å². The number of anilines is 2. The molecule has 38 heavy (non-hydrogen) atoms. The van der Waals surface area contributed by atoms with Crippen molar-refractivity contribution in [3.63, 3.8) is 0 Å². The number of carbonyl (C=O) groups excluding carboxylic acids is 3. The van der Waals surface area contributed by atoms with E-state index in [1.165, 1.54) is 11.8 Å². The second-order valence-electron chi connectivity index (χ2n) is 8.55. The fourth-order valence-corrected chi connectivity index (χ4v) is 4.87. The molecule has 0 aromatic heterocycles. The van der Waals surface area contributed by atoms with Gasteiger partial charge in [-0.05, 0) is 74.0 Å². The molecule has 4 aromatic carbocycles. The topological polar surface area (TPSA) is 84.5 Å². The maximum Gasteiger partial charge on any atom is 0.338 e. The molecule has 192 valence electrons. The quantitative estimate of drug-likeness (QED) is 0.184. The summed E-state index contributed by atoms with van der Waals surface area (Å²) in [6.07, 6.45) is 0. The van der Waals surface area contributed by atoms with E-state index >= 15 is 0 Å². The maximum atomic E-state index is 13.4. The highest BCUT2D eigenvalue weighted by Gasteiger charge is 2.23. The summed E-state index contributed by atoms with van der Waals surface area (Å²) in [5.41, 5.74) is 4.07. The van der Waals surface area contributed by atoms with Crippen LogP contribution in [0.3, 0.4) is 0 Å². The van der Waals surface area contributed by atoms with Gasteiger partial charge >= 0.3 is 5.97 Å². The van der Waals surface area contributed by atoms with Crippen LogP contribution in [0.1, 0.15) is 44.0 Å². The van der Waals surface area contributed by atoms with Gasteiger partial charge in [-0.2, -0.15) is 0 Å². The molecule has 1 atom stereocenters. The van der Waals surface area contributed by atoms with E-state index in [1.807, 2.05) is 79.7 Å². The minimum Gasteiger partial charge on any atom is -0.462 e. The van der Waals surface area contributed by atoms with Crippen LogP contribution in [0.5, 0.6) is 0 Å². The van der Waals surface area contributed by atoms with Crippen molar-refractivity contribution in [3.8, 4) is 0 Å². The monoisotopic (exact) mass is 524 g/mol. The molecule has 2 amide bonds. The van der Waals surface area contributed by atoms with E-state index < -0.39 is 11.2 Å². The van der Waals surface area contributed by atoms with Crippen LogP contribution in [0.25, 0.3) is 0 Å². The SMILES string of the molecule is CCOC(=O)c1ccc(NC(=O)C(Sc2cccc(NC(=O)c3cccc(C)c3)c2)c2ccccc2)cc1. The number of hydrogen-bond acceptors (Lipinski definition) is 5. The summed E-state index contributed by atoms with van der Waals surface area (Å²) in [6.45, 7) is 3.99. The smallest absolute Gasteiger partial charge is 0.338 e. The van der Waals surface area contributed by atoms with E-state index in [0.717, 1.165) is 16.0 Å². The molecule has 4 rings (SSSR count). The summed E-state index contributed by atoms with van der Waals surface area (Å²) in [5.74, 6) is -0.809. The molecular weight excluding hydrogens is 496 g/mol. The lowest BCUT2D eigenvalue weighted by molar-refractivity contribution is -0.115. The van der Waals surface area contributed by atoms with Crippen molar-refractivity contribution in [2.24, 2.45) is 0 Å². The number of benzene rings is 4. The number of hydrogen-bond donors (Lipinski definition) is 2. The lowest BCUT2D eigenvalue weighted by atomic mass is 10.1. The van der Waals surface area contributed by atoms with Gasteiger partial charge in [0.25, 0.3) is 5.91 Å². The van der Waals surface area contributed by atoms with Crippen LogP contribution in [-0.2, 0) is 9.53 Å². The van der Waals surface area contributed by atoms with Gasteiger partial charge in [-0.3, -0.25) is 9.59 Å². The zero-order chi connectivity index (χ0) is 26.9. The van der Waals surface area contributed by atoms with Crippen LogP contribution >= 0.6 is 11.8 Å². The molecule has 0 spiro atoms. The lowest BCUT2D eigenvalue weighted by Gasteiger charge is -2.18. The maximum absolute atomic E-state index is 13.4. The summed E-state index contributed by atoms with van der Waals surface area (Å²) in [7, 11) is 0. The van der Waals surface area contributed by atoms with Gasteiger partial charge in [0.15, 0.2) is 0 Å². The summed E-state index contributed by atoms with van der Waals surface area (Å²) >= 11 is 1.39. The van der Waals surface area contributed by atoms with Gasteiger partial charge in [0, 0.05) is 21.8 Å². The second-order valence-corrected chi connectivity index (χ2v) is 9.73. The van der Waals surface area contributed by atoms with Crippen molar-refractivity contribution >= 4 is 40.9 Å². The molecule has 0 bridgehead atoms. The number of nitrogens with one attached hydrogen (secondary N) is 2. The Bertz CT molecular complexity index is 1420. The Kier molecular flexibility index (Phi) is 8.95. The van der Waals surface area contributed by atoms with Gasteiger partial charge in [0.1, 0.15) is 5.25 Å². The van der Waals surface area contributed by atoms with Gasteiger partial charge < -0.3 is 15.4 Å². The standard InChI is InChI=1S/C31H28N2O4S/c1-3-37-31(36)23-15-17-25(18-16-23)32-30(35)28(22-10-5-4-6-11-22)38-27-14-8-13-26(20-27)33-29(34)24-12-7-9-21(2)19-24/h4-20,28H,3H2,1-2H3,(H,32,35)(H,33,34). The highest BCUT2D eigenvalue weighted by molar-refractivity contribution is 8.00. The summed E-state index contributed by atoms with van der Waals surface area (Å²) in [5, 5.41) is 5.34. The van der Waals surface area contributed by atoms with Crippen molar-refractivity contribution in [1.29, 1.82) is 0 Å². The molecule has 0 heterocycles. The van der Waals surface area contributed by atoms with Crippen molar-refractivity contribution in [2.45, 2.75) is 24.0 Å². The Labute approximate surface area is 226 Å².